The highest BCUT2D eigenvalue weighted by Gasteiger charge is 2.03. The zero-order valence-corrected chi connectivity index (χ0v) is 14.0. The minimum Gasteiger partial charge on any atom is -0.507 e. The molecule has 120 valence electrons. The molecule has 0 aliphatic heterocycles. The van der Waals surface area contributed by atoms with Gasteiger partial charge < -0.3 is 10.5 Å². The van der Waals surface area contributed by atoms with Crippen LogP contribution in [0, 0.1) is 24.2 Å². The van der Waals surface area contributed by atoms with Crippen molar-refractivity contribution >= 4 is 6.21 Å². The minimum absolute atomic E-state index is 0.184. The van der Waals surface area contributed by atoms with Crippen molar-refractivity contribution in [3.05, 3.63) is 28.8 Å². The van der Waals surface area contributed by atoms with Crippen LogP contribution in [0.15, 0.2) is 12.1 Å². The molecule has 0 aliphatic carbocycles. The molecule has 2 nitrogen and oxygen atoms in total. The summed E-state index contributed by atoms with van der Waals surface area (Å²) in [5.41, 5.74) is 2.20. The molecule has 1 rings (SSSR count). The van der Waals surface area contributed by atoms with Gasteiger partial charge in [-0.05, 0) is 31.0 Å². The van der Waals surface area contributed by atoms with Crippen LogP contribution >= 0.6 is 0 Å². The summed E-state index contributed by atoms with van der Waals surface area (Å²) in [5.74, 6) is 6.53. The van der Waals surface area contributed by atoms with Gasteiger partial charge in [0, 0.05) is 23.8 Å². The molecule has 1 aromatic rings. The smallest absolute Gasteiger partial charge is 0.127 e. The molecular weight excluding hydrogens is 270 g/mol. The van der Waals surface area contributed by atoms with Gasteiger partial charge in [-0.3, -0.25) is 0 Å². The summed E-state index contributed by atoms with van der Waals surface area (Å²) in [7, 11) is 0. The number of unbranched alkanes of at least 4 members (excludes halogenated alkanes) is 8. The fraction of sp³-hybridized carbons (Fsp3) is 0.550. The normalized spacial score (nSPS) is 10.1. The van der Waals surface area contributed by atoms with E-state index in [0.29, 0.717) is 5.56 Å². The summed E-state index contributed by atoms with van der Waals surface area (Å²) in [6.45, 7) is 4.09. The Balaban J connectivity index is 2.27. The first kappa shape index (κ1) is 18.3. The van der Waals surface area contributed by atoms with E-state index in [0.717, 1.165) is 24.0 Å². The van der Waals surface area contributed by atoms with E-state index in [9.17, 15) is 5.11 Å². The van der Waals surface area contributed by atoms with E-state index in [1.165, 1.54) is 51.2 Å². The first-order valence-electron chi connectivity index (χ1n) is 8.52. The lowest BCUT2D eigenvalue weighted by molar-refractivity contribution is 0.470. The summed E-state index contributed by atoms with van der Waals surface area (Å²) in [6, 6.07) is 3.65. The van der Waals surface area contributed by atoms with Crippen molar-refractivity contribution in [1.82, 2.24) is 0 Å². The second-order valence-corrected chi connectivity index (χ2v) is 5.90. The first-order chi connectivity index (χ1) is 10.7. The predicted molar refractivity (Wildman–Crippen MR) is 94.8 cm³/mol. The number of rotatable bonds is 9. The molecule has 0 fully saturated rings. The standard InChI is InChI=1S/C20H29NO/c1-3-4-5-6-7-8-9-10-11-12-13-18-14-17(2)20(22)19(15-18)16-21/h14-16,21-22H,3-11H2,1-2H3. The molecular formula is C20H29NO. The van der Waals surface area contributed by atoms with E-state index in [1.807, 2.05) is 13.0 Å². The van der Waals surface area contributed by atoms with Crippen LogP contribution in [-0.2, 0) is 0 Å². The Kier molecular flexibility index (Phi) is 9.07. The van der Waals surface area contributed by atoms with Crippen LogP contribution in [0.3, 0.4) is 0 Å². The summed E-state index contributed by atoms with van der Waals surface area (Å²) in [5, 5.41) is 17.1. The Labute approximate surface area is 135 Å². The third-order valence-electron chi connectivity index (χ3n) is 3.87. The molecule has 0 unspecified atom stereocenters. The van der Waals surface area contributed by atoms with Gasteiger partial charge in [0.15, 0.2) is 0 Å². The van der Waals surface area contributed by atoms with Crippen LogP contribution in [0.2, 0.25) is 0 Å². The highest BCUT2D eigenvalue weighted by Crippen LogP contribution is 2.21. The van der Waals surface area contributed by atoms with Crippen LogP contribution in [0.5, 0.6) is 5.75 Å². The Morgan fingerprint density at radius 3 is 2.32 bits per heavy atom. The molecule has 0 saturated heterocycles. The second-order valence-electron chi connectivity index (χ2n) is 5.90. The highest BCUT2D eigenvalue weighted by molar-refractivity contribution is 5.82. The highest BCUT2D eigenvalue weighted by atomic mass is 16.3. The van der Waals surface area contributed by atoms with Crippen LogP contribution in [-0.4, -0.2) is 11.3 Å². The fourth-order valence-corrected chi connectivity index (χ4v) is 2.50. The lowest BCUT2D eigenvalue weighted by Crippen LogP contribution is -1.88. The van der Waals surface area contributed by atoms with Crippen LogP contribution in [0.1, 0.15) is 81.4 Å². The van der Waals surface area contributed by atoms with E-state index in [2.05, 4.69) is 18.8 Å². The zero-order valence-electron chi connectivity index (χ0n) is 14.0. The van der Waals surface area contributed by atoms with Gasteiger partial charge in [-0.1, -0.05) is 63.7 Å². The number of phenolic OH excluding ortho intramolecular Hbond substituents is 1. The number of hydrogen-bond acceptors (Lipinski definition) is 2. The number of phenols is 1. The minimum atomic E-state index is 0.184. The van der Waals surface area contributed by atoms with Crippen molar-refractivity contribution in [3.63, 3.8) is 0 Å². The topological polar surface area (TPSA) is 44.1 Å². The van der Waals surface area contributed by atoms with Crippen LogP contribution in [0.4, 0.5) is 0 Å². The van der Waals surface area contributed by atoms with E-state index >= 15 is 0 Å². The average Bonchev–Trinajstić information content (AvgIpc) is 2.52. The Hall–Kier alpha value is -1.75. The Morgan fingerprint density at radius 2 is 1.68 bits per heavy atom. The monoisotopic (exact) mass is 299 g/mol. The van der Waals surface area contributed by atoms with Gasteiger partial charge in [0.2, 0.25) is 0 Å². The van der Waals surface area contributed by atoms with Crippen molar-refractivity contribution in [3.8, 4) is 17.6 Å². The van der Waals surface area contributed by atoms with E-state index in [-0.39, 0.29) is 5.75 Å². The van der Waals surface area contributed by atoms with E-state index in [1.54, 1.807) is 6.07 Å². The van der Waals surface area contributed by atoms with Gasteiger partial charge in [-0.2, -0.15) is 0 Å². The first-order valence-corrected chi connectivity index (χ1v) is 8.52. The molecule has 0 amide bonds. The van der Waals surface area contributed by atoms with Crippen LogP contribution in [0.25, 0.3) is 0 Å². The van der Waals surface area contributed by atoms with Gasteiger partial charge in [0.1, 0.15) is 5.75 Å². The number of benzene rings is 1. The molecule has 0 bridgehead atoms. The molecule has 22 heavy (non-hydrogen) atoms. The van der Waals surface area contributed by atoms with E-state index in [4.69, 9.17) is 5.41 Å². The molecule has 0 radical (unpaired) electrons. The molecule has 0 aliphatic rings. The summed E-state index contributed by atoms with van der Waals surface area (Å²) in [4.78, 5) is 0. The van der Waals surface area contributed by atoms with E-state index < -0.39 is 0 Å². The third-order valence-corrected chi connectivity index (χ3v) is 3.87. The molecule has 2 heteroatoms. The lowest BCUT2D eigenvalue weighted by Gasteiger charge is -2.03. The maximum Gasteiger partial charge on any atom is 0.127 e. The molecule has 2 N–H and O–H groups in total. The lowest BCUT2D eigenvalue weighted by atomic mass is 10.0. The fourth-order valence-electron chi connectivity index (χ4n) is 2.50. The molecule has 0 saturated carbocycles. The second kappa shape index (κ2) is 10.9. The number of aryl methyl sites for hydroxylation is 1. The van der Waals surface area contributed by atoms with Crippen molar-refractivity contribution in [1.29, 1.82) is 5.41 Å². The Bertz CT molecular complexity index is 522. The van der Waals surface area contributed by atoms with Crippen molar-refractivity contribution in [2.24, 2.45) is 0 Å². The number of aromatic hydroxyl groups is 1. The van der Waals surface area contributed by atoms with Gasteiger partial charge in [-0.25, -0.2) is 0 Å². The largest absolute Gasteiger partial charge is 0.507 e. The predicted octanol–water partition coefficient (Wildman–Crippen LogP) is 5.58. The number of nitrogens with one attached hydrogen (secondary N) is 1. The molecule has 0 heterocycles. The molecule has 0 spiro atoms. The molecule has 1 aromatic carbocycles. The quantitative estimate of drug-likeness (QED) is 0.349. The maximum atomic E-state index is 9.77. The van der Waals surface area contributed by atoms with Crippen molar-refractivity contribution in [2.75, 3.05) is 0 Å². The van der Waals surface area contributed by atoms with Gasteiger partial charge in [0.25, 0.3) is 0 Å². The number of hydrogen-bond donors (Lipinski definition) is 2. The van der Waals surface area contributed by atoms with Gasteiger partial charge >= 0.3 is 0 Å². The zero-order chi connectivity index (χ0) is 16.2. The van der Waals surface area contributed by atoms with Crippen molar-refractivity contribution in [2.45, 2.75) is 71.6 Å². The Morgan fingerprint density at radius 1 is 1.05 bits per heavy atom. The maximum absolute atomic E-state index is 9.77. The SMILES string of the molecule is CCCCCCCCCCC#Cc1cc(C)c(O)c(C=N)c1. The summed E-state index contributed by atoms with van der Waals surface area (Å²) in [6.07, 6.45) is 12.6. The average molecular weight is 299 g/mol. The van der Waals surface area contributed by atoms with Gasteiger partial charge in [-0.15, -0.1) is 0 Å². The summed E-state index contributed by atoms with van der Waals surface area (Å²) < 4.78 is 0. The third kappa shape index (κ3) is 6.80. The summed E-state index contributed by atoms with van der Waals surface area (Å²) >= 11 is 0. The van der Waals surface area contributed by atoms with Crippen molar-refractivity contribution < 1.29 is 5.11 Å². The molecule has 0 aromatic heterocycles. The van der Waals surface area contributed by atoms with Crippen LogP contribution < -0.4 is 0 Å². The van der Waals surface area contributed by atoms with Gasteiger partial charge in [0.05, 0.1) is 0 Å². The molecule has 0 atom stereocenters.